The van der Waals surface area contributed by atoms with Gasteiger partial charge in [0.25, 0.3) is 0 Å². The van der Waals surface area contributed by atoms with Crippen molar-refractivity contribution in [2.45, 2.75) is 12.5 Å². The van der Waals surface area contributed by atoms with E-state index in [4.69, 9.17) is 0 Å². The summed E-state index contributed by atoms with van der Waals surface area (Å²) in [6.07, 6.45) is 6.46. The SMILES string of the molecule is CNC(Cc1ccncc1)c1ccc2ncccc2c1. The number of benzene rings is 1. The first-order valence-electron chi connectivity index (χ1n) is 6.77. The van der Waals surface area contributed by atoms with Gasteiger partial charge in [-0.25, -0.2) is 0 Å². The van der Waals surface area contributed by atoms with Crippen molar-refractivity contribution in [3.8, 4) is 0 Å². The Morgan fingerprint density at radius 3 is 2.70 bits per heavy atom. The number of rotatable bonds is 4. The highest BCUT2D eigenvalue weighted by molar-refractivity contribution is 5.79. The fourth-order valence-corrected chi connectivity index (χ4v) is 2.45. The molecular formula is C17H17N3. The van der Waals surface area contributed by atoms with Crippen molar-refractivity contribution < 1.29 is 0 Å². The Balaban J connectivity index is 1.91. The predicted octanol–water partition coefficient (Wildman–Crippen LogP) is 3.13. The number of aromatic nitrogens is 2. The highest BCUT2D eigenvalue weighted by atomic mass is 14.9. The Bertz CT molecular complexity index is 695. The van der Waals surface area contributed by atoms with Gasteiger partial charge in [0, 0.05) is 30.0 Å². The minimum absolute atomic E-state index is 0.294. The standard InChI is InChI=1S/C17H17N3/c1-18-17(11-13-6-9-19-10-7-13)15-4-5-16-14(12-15)3-2-8-20-16/h2-10,12,17-18H,11H2,1H3. The van der Waals surface area contributed by atoms with Crippen LogP contribution in [0.1, 0.15) is 17.2 Å². The third-order valence-corrected chi connectivity index (χ3v) is 3.57. The van der Waals surface area contributed by atoms with Crippen LogP contribution in [0.25, 0.3) is 10.9 Å². The molecule has 0 aliphatic rings. The highest BCUT2D eigenvalue weighted by Crippen LogP contribution is 2.21. The summed E-state index contributed by atoms with van der Waals surface area (Å²) in [5.41, 5.74) is 3.60. The molecule has 100 valence electrons. The Morgan fingerprint density at radius 1 is 1.05 bits per heavy atom. The molecule has 0 bridgehead atoms. The van der Waals surface area contributed by atoms with Gasteiger partial charge in [-0.1, -0.05) is 12.1 Å². The molecule has 0 spiro atoms. The van der Waals surface area contributed by atoms with Crippen LogP contribution in [0.4, 0.5) is 0 Å². The summed E-state index contributed by atoms with van der Waals surface area (Å²) >= 11 is 0. The van der Waals surface area contributed by atoms with Gasteiger partial charge in [0.05, 0.1) is 5.52 Å². The molecule has 3 aromatic rings. The normalized spacial score (nSPS) is 12.4. The van der Waals surface area contributed by atoms with E-state index < -0.39 is 0 Å². The fourth-order valence-electron chi connectivity index (χ4n) is 2.45. The maximum absolute atomic E-state index is 4.36. The minimum atomic E-state index is 0.294. The summed E-state index contributed by atoms with van der Waals surface area (Å²) < 4.78 is 0. The zero-order valence-electron chi connectivity index (χ0n) is 11.5. The van der Waals surface area contributed by atoms with Crippen LogP contribution in [0.2, 0.25) is 0 Å². The summed E-state index contributed by atoms with van der Waals surface area (Å²) in [5, 5.41) is 4.57. The number of nitrogens with zero attached hydrogens (tertiary/aromatic N) is 2. The minimum Gasteiger partial charge on any atom is -0.313 e. The van der Waals surface area contributed by atoms with Crippen molar-refractivity contribution in [2.75, 3.05) is 7.05 Å². The number of likely N-dealkylation sites (N-methyl/N-ethyl adjacent to an activating group) is 1. The number of fused-ring (bicyclic) bond motifs is 1. The number of nitrogens with one attached hydrogen (secondary N) is 1. The van der Waals surface area contributed by atoms with Gasteiger partial charge in [-0.2, -0.15) is 0 Å². The smallest absolute Gasteiger partial charge is 0.0702 e. The van der Waals surface area contributed by atoms with Crippen molar-refractivity contribution in [3.05, 3.63) is 72.2 Å². The molecular weight excluding hydrogens is 246 g/mol. The Kier molecular flexibility index (Phi) is 3.70. The predicted molar refractivity (Wildman–Crippen MR) is 81.5 cm³/mol. The maximum atomic E-state index is 4.36. The van der Waals surface area contributed by atoms with Crippen LogP contribution in [-0.4, -0.2) is 17.0 Å². The third-order valence-electron chi connectivity index (χ3n) is 3.57. The van der Waals surface area contributed by atoms with Crippen LogP contribution in [0.15, 0.2) is 61.1 Å². The third kappa shape index (κ3) is 2.68. The highest BCUT2D eigenvalue weighted by Gasteiger charge is 2.10. The van der Waals surface area contributed by atoms with Crippen LogP contribution >= 0.6 is 0 Å². The maximum Gasteiger partial charge on any atom is 0.0702 e. The van der Waals surface area contributed by atoms with E-state index in [2.05, 4.69) is 51.7 Å². The number of pyridine rings is 2. The van der Waals surface area contributed by atoms with E-state index in [9.17, 15) is 0 Å². The summed E-state index contributed by atoms with van der Waals surface area (Å²) in [6, 6.07) is 14.9. The zero-order valence-corrected chi connectivity index (χ0v) is 11.5. The van der Waals surface area contributed by atoms with E-state index in [1.54, 1.807) is 0 Å². The topological polar surface area (TPSA) is 37.8 Å². The molecule has 1 unspecified atom stereocenters. The van der Waals surface area contributed by atoms with E-state index in [-0.39, 0.29) is 0 Å². The van der Waals surface area contributed by atoms with Gasteiger partial charge in [-0.3, -0.25) is 9.97 Å². The molecule has 0 saturated heterocycles. The van der Waals surface area contributed by atoms with Gasteiger partial charge in [0.1, 0.15) is 0 Å². The van der Waals surface area contributed by atoms with E-state index in [0.717, 1.165) is 11.9 Å². The molecule has 0 aliphatic carbocycles. The molecule has 0 saturated carbocycles. The van der Waals surface area contributed by atoms with Gasteiger partial charge < -0.3 is 5.32 Å². The lowest BCUT2D eigenvalue weighted by atomic mass is 9.98. The zero-order chi connectivity index (χ0) is 13.8. The molecule has 3 heteroatoms. The number of hydrogen-bond donors (Lipinski definition) is 1. The van der Waals surface area contributed by atoms with E-state index >= 15 is 0 Å². The monoisotopic (exact) mass is 263 g/mol. The van der Waals surface area contributed by atoms with Crippen LogP contribution in [0.3, 0.4) is 0 Å². The van der Waals surface area contributed by atoms with Crippen molar-refractivity contribution in [1.29, 1.82) is 0 Å². The summed E-state index contributed by atoms with van der Waals surface area (Å²) in [7, 11) is 2.00. The van der Waals surface area contributed by atoms with Crippen molar-refractivity contribution >= 4 is 10.9 Å². The van der Waals surface area contributed by atoms with Gasteiger partial charge >= 0.3 is 0 Å². The van der Waals surface area contributed by atoms with E-state index in [1.807, 2.05) is 31.7 Å². The lowest BCUT2D eigenvalue weighted by molar-refractivity contribution is 0.592. The molecule has 20 heavy (non-hydrogen) atoms. The molecule has 2 aromatic heterocycles. The van der Waals surface area contributed by atoms with Crippen molar-refractivity contribution in [3.63, 3.8) is 0 Å². The van der Waals surface area contributed by atoms with E-state index in [1.165, 1.54) is 16.5 Å². The lowest BCUT2D eigenvalue weighted by Crippen LogP contribution is -2.18. The number of hydrogen-bond acceptors (Lipinski definition) is 3. The molecule has 0 aliphatic heterocycles. The van der Waals surface area contributed by atoms with Crippen molar-refractivity contribution in [1.82, 2.24) is 15.3 Å². The van der Waals surface area contributed by atoms with Gasteiger partial charge in [0.2, 0.25) is 0 Å². The average molecular weight is 263 g/mol. The quantitative estimate of drug-likeness (QED) is 0.786. The summed E-state index contributed by atoms with van der Waals surface area (Å²) in [6.45, 7) is 0. The molecule has 0 amide bonds. The summed E-state index contributed by atoms with van der Waals surface area (Å²) in [4.78, 5) is 8.43. The molecule has 0 radical (unpaired) electrons. The van der Waals surface area contributed by atoms with Crippen molar-refractivity contribution in [2.24, 2.45) is 0 Å². The second-order valence-electron chi connectivity index (χ2n) is 4.86. The Hall–Kier alpha value is -2.26. The first-order valence-corrected chi connectivity index (χ1v) is 6.77. The molecule has 2 heterocycles. The molecule has 0 fully saturated rings. The van der Waals surface area contributed by atoms with Crippen LogP contribution < -0.4 is 5.32 Å². The first-order chi connectivity index (χ1) is 9.86. The van der Waals surface area contributed by atoms with Gasteiger partial charge in [-0.15, -0.1) is 0 Å². The molecule has 1 N–H and O–H groups in total. The second-order valence-corrected chi connectivity index (χ2v) is 4.86. The molecule has 3 rings (SSSR count). The lowest BCUT2D eigenvalue weighted by Gasteiger charge is -2.17. The van der Waals surface area contributed by atoms with Crippen LogP contribution in [-0.2, 0) is 6.42 Å². The van der Waals surface area contributed by atoms with Gasteiger partial charge in [-0.05, 0) is 54.9 Å². The van der Waals surface area contributed by atoms with Crippen LogP contribution in [0, 0.1) is 0 Å². The molecule has 1 aromatic carbocycles. The average Bonchev–Trinajstić information content (AvgIpc) is 2.53. The Labute approximate surface area is 118 Å². The van der Waals surface area contributed by atoms with Gasteiger partial charge in [0.15, 0.2) is 0 Å². The second kappa shape index (κ2) is 5.80. The van der Waals surface area contributed by atoms with E-state index in [0.29, 0.717) is 6.04 Å². The largest absolute Gasteiger partial charge is 0.313 e. The summed E-state index contributed by atoms with van der Waals surface area (Å²) in [5.74, 6) is 0. The Morgan fingerprint density at radius 2 is 1.90 bits per heavy atom. The fraction of sp³-hybridized carbons (Fsp3) is 0.176. The first kappa shape index (κ1) is 12.8. The molecule has 3 nitrogen and oxygen atoms in total. The van der Waals surface area contributed by atoms with Crippen LogP contribution in [0.5, 0.6) is 0 Å². The molecule has 1 atom stereocenters.